The minimum atomic E-state index is -0.589. The second kappa shape index (κ2) is 7.51. The highest BCUT2D eigenvalue weighted by Gasteiger charge is 2.23. The van der Waals surface area contributed by atoms with Gasteiger partial charge in [-0.1, -0.05) is 25.1 Å². The fraction of sp³-hybridized carbons (Fsp3) is 0.316. The van der Waals surface area contributed by atoms with Crippen molar-refractivity contribution in [2.24, 2.45) is 0 Å². The Labute approximate surface area is 146 Å². The first-order valence-corrected chi connectivity index (χ1v) is 8.42. The summed E-state index contributed by atoms with van der Waals surface area (Å²) < 4.78 is 26.9. The summed E-state index contributed by atoms with van der Waals surface area (Å²) >= 11 is 0. The van der Waals surface area contributed by atoms with Gasteiger partial charge in [0.25, 0.3) is 0 Å². The Bertz CT molecular complexity index is 758. The maximum atomic E-state index is 13.9. The van der Waals surface area contributed by atoms with Gasteiger partial charge in [0.2, 0.25) is 0 Å². The average molecular weight is 345 g/mol. The zero-order valence-corrected chi connectivity index (χ0v) is 14.1. The standard InChI is InChI=1S/C19H21F2N3O/c1-2-14-5-3-4-6-17(14)22-19(25)24-11-9-23(10-12-24)18-8-7-15(20)13-16(18)21/h3-8,13H,2,9-12H2,1H3,(H,22,25). The van der Waals surface area contributed by atoms with Gasteiger partial charge in [-0.05, 0) is 30.2 Å². The number of benzene rings is 2. The van der Waals surface area contributed by atoms with Crippen molar-refractivity contribution in [3.05, 3.63) is 59.7 Å². The van der Waals surface area contributed by atoms with Crippen molar-refractivity contribution < 1.29 is 13.6 Å². The Morgan fingerprint density at radius 2 is 1.80 bits per heavy atom. The number of piperazine rings is 1. The number of rotatable bonds is 3. The van der Waals surface area contributed by atoms with E-state index < -0.39 is 11.6 Å². The SMILES string of the molecule is CCc1ccccc1NC(=O)N1CCN(c2ccc(F)cc2F)CC1. The van der Waals surface area contributed by atoms with Crippen LogP contribution >= 0.6 is 0 Å². The summed E-state index contributed by atoms with van der Waals surface area (Å²) in [4.78, 5) is 16.0. The molecule has 132 valence electrons. The highest BCUT2D eigenvalue weighted by Crippen LogP contribution is 2.22. The molecule has 1 heterocycles. The number of para-hydroxylation sites is 1. The van der Waals surface area contributed by atoms with Crippen molar-refractivity contribution >= 4 is 17.4 Å². The Balaban J connectivity index is 1.61. The van der Waals surface area contributed by atoms with Crippen molar-refractivity contribution in [2.75, 3.05) is 36.4 Å². The summed E-state index contributed by atoms with van der Waals surface area (Å²) in [7, 11) is 0. The molecule has 1 aliphatic rings. The van der Waals surface area contributed by atoms with E-state index in [2.05, 4.69) is 5.32 Å². The van der Waals surface area contributed by atoms with Gasteiger partial charge in [0.1, 0.15) is 11.6 Å². The molecule has 6 heteroatoms. The largest absolute Gasteiger partial charge is 0.366 e. The van der Waals surface area contributed by atoms with E-state index in [1.807, 2.05) is 36.1 Å². The topological polar surface area (TPSA) is 35.6 Å². The number of halogens is 2. The molecular weight excluding hydrogens is 324 g/mol. The van der Waals surface area contributed by atoms with Crippen LogP contribution in [-0.4, -0.2) is 37.1 Å². The highest BCUT2D eigenvalue weighted by molar-refractivity contribution is 5.90. The van der Waals surface area contributed by atoms with Gasteiger partial charge in [0.05, 0.1) is 5.69 Å². The minimum Gasteiger partial charge on any atom is -0.366 e. The fourth-order valence-corrected chi connectivity index (χ4v) is 3.03. The zero-order valence-electron chi connectivity index (χ0n) is 14.1. The highest BCUT2D eigenvalue weighted by atomic mass is 19.1. The van der Waals surface area contributed by atoms with E-state index in [1.165, 1.54) is 12.1 Å². The Morgan fingerprint density at radius 3 is 2.48 bits per heavy atom. The zero-order chi connectivity index (χ0) is 17.8. The molecule has 0 aromatic heterocycles. The average Bonchev–Trinajstić information content (AvgIpc) is 2.62. The van der Waals surface area contributed by atoms with Crippen LogP contribution in [-0.2, 0) is 6.42 Å². The molecule has 0 bridgehead atoms. The van der Waals surface area contributed by atoms with Gasteiger partial charge in [0, 0.05) is 37.9 Å². The second-order valence-corrected chi connectivity index (χ2v) is 6.01. The molecule has 2 amide bonds. The van der Waals surface area contributed by atoms with E-state index in [9.17, 15) is 13.6 Å². The third kappa shape index (κ3) is 3.90. The molecule has 1 fully saturated rings. The molecule has 0 unspecified atom stereocenters. The van der Waals surface area contributed by atoms with Gasteiger partial charge in [0.15, 0.2) is 0 Å². The number of hydrogen-bond donors (Lipinski definition) is 1. The summed E-state index contributed by atoms with van der Waals surface area (Å²) in [6, 6.07) is 11.1. The first-order valence-electron chi connectivity index (χ1n) is 8.42. The number of aryl methyl sites for hydroxylation is 1. The first-order chi connectivity index (χ1) is 12.1. The van der Waals surface area contributed by atoms with Crippen LogP contribution in [0.2, 0.25) is 0 Å². The lowest BCUT2D eigenvalue weighted by Crippen LogP contribution is -2.50. The van der Waals surface area contributed by atoms with E-state index in [0.29, 0.717) is 31.9 Å². The molecule has 2 aromatic carbocycles. The molecular formula is C19H21F2N3O. The number of anilines is 2. The van der Waals surface area contributed by atoms with Crippen LogP contribution in [0.15, 0.2) is 42.5 Å². The van der Waals surface area contributed by atoms with E-state index in [4.69, 9.17) is 0 Å². The summed E-state index contributed by atoms with van der Waals surface area (Å²) in [5.74, 6) is -1.16. The first kappa shape index (κ1) is 17.2. The molecule has 25 heavy (non-hydrogen) atoms. The molecule has 1 aliphatic heterocycles. The van der Waals surface area contributed by atoms with Gasteiger partial charge < -0.3 is 15.1 Å². The third-order valence-electron chi connectivity index (χ3n) is 4.46. The van der Waals surface area contributed by atoms with Crippen molar-refractivity contribution in [2.45, 2.75) is 13.3 Å². The maximum absolute atomic E-state index is 13.9. The summed E-state index contributed by atoms with van der Waals surface area (Å²) in [5, 5.41) is 2.95. The number of amides is 2. The van der Waals surface area contributed by atoms with E-state index in [1.54, 1.807) is 4.90 Å². The fourth-order valence-electron chi connectivity index (χ4n) is 3.03. The Kier molecular flexibility index (Phi) is 5.16. The molecule has 1 saturated heterocycles. The lowest BCUT2D eigenvalue weighted by Gasteiger charge is -2.36. The van der Waals surface area contributed by atoms with Crippen molar-refractivity contribution in [3.63, 3.8) is 0 Å². The summed E-state index contributed by atoms with van der Waals surface area (Å²) in [5.41, 5.74) is 2.28. The predicted octanol–water partition coefficient (Wildman–Crippen LogP) is 3.88. The molecule has 2 aromatic rings. The lowest BCUT2D eigenvalue weighted by molar-refractivity contribution is 0.208. The van der Waals surface area contributed by atoms with Gasteiger partial charge >= 0.3 is 6.03 Å². The molecule has 0 aliphatic carbocycles. The Morgan fingerprint density at radius 1 is 1.08 bits per heavy atom. The molecule has 3 rings (SSSR count). The van der Waals surface area contributed by atoms with Gasteiger partial charge in [-0.2, -0.15) is 0 Å². The molecule has 0 saturated carbocycles. The number of nitrogens with one attached hydrogen (secondary N) is 1. The normalized spacial score (nSPS) is 14.5. The van der Waals surface area contributed by atoms with Crippen molar-refractivity contribution in [1.82, 2.24) is 4.90 Å². The van der Waals surface area contributed by atoms with E-state index >= 15 is 0 Å². The van der Waals surface area contributed by atoms with Crippen LogP contribution in [0.5, 0.6) is 0 Å². The molecule has 0 spiro atoms. The van der Waals surface area contributed by atoms with Crippen LogP contribution in [0.25, 0.3) is 0 Å². The maximum Gasteiger partial charge on any atom is 0.321 e. The number of carbonyl (C=O) groups is 1. The molecule has 4 nitrogen and oxygen atoms in total. The van der Waals surface area contributed by atoms with Crippen LogP contribution in [0, 0.1) is 11.6 Å². The van der Waals surface area contributed by atoms with Gasteiger partial charge in [-0.25, -0.2) is 13.6 Å². The van der Waals surface area contributed by atoms with E-state index in [-0.39, 0.29) is 6.03 Å². The summed E-state index contributed by atoms with van der Waals surface area (Å²) in [6.45, 7) is 4.02. The van der Waals surface area contributed by atoms with Gasteiger partial charge in [-0.15, -0.1) is 0 Å². The second-order valence-electron chi connectivity index (χ2n) is 6.01. The molecule has 0 radical (unpaired) electrons. The van der Waals surface area contributed by atoms with Crippen molar-refractivity contribution in [1.29, 1.82) is 0 Å². The van der Waals surface area contributed by atoms with Crippen LogP contribution < -0.4 is 10.2 Å². The lowest BCUT2D eigenvalue weighted by atomic mass is 10.1. The smallest absolute Gasteiger partial charge is 0.321 e. The molecule has 0 atom stereocenters. The number of carbonyl (C=O) groups excluding carboxylic acids is 1. The van der Waals surface area contributed by atoms with Crippen LogP contribution in [0.3, 0.4) is 0 Å². The number of urea groups is 1. The minimum absolute atomic E-state index is 0.153. The monoisotopic (exact) mass is 345 g/mol. The van der Waals surface area contributed by atoms with Crippen LogP contribution in [0.4, 0.5) is 25.0 Å². The third-order valence-corrected chi connectivity index (χ3v) is 4.46. The Hall–Kier alpha value is -2.63. The number of nitrogens with zero attached hydrogens (tertiary/aromatic N) is 2. The van der Waals surface area contributed by atoms with Gasteiger partial charge in [-0.3, -0.25) is 0 Å². The quantitative estimate of drug-likeness (QED) is 0.916. The summed E-state index contributed by atoms with van der Waals surface area (Å²) in [6.07, 6.45) is 0.841. The van der Waals surface area contributed by atoms with Crippen LogP contribution in [0.1, 0.15) is 12.5 Å². The van der Waals surface area contributed by atoms with E-state index in [0.717, 1.165) is 23.7 Å². The number of hydrogen-bond acceptors (Lipinski definition) is 2. The predicted molar refractivity (Wildman–Crippen MR) is 95.0 cm³/mol. The van der Waals surface area contributed by atoms with Crippen molar-refractivity contribution in [3.8, 4) is 0 Å². The molecule has 1 N–H and O–H groups in total.